The molecule has 0 spiro atoms. The first-order valence-electron chi connectivity index (χ1n) is 8.68. The molecular weight excluding hydrogens is 354 g/mol. The molecule has 2 aromatic rings. The van der Waals surface area contributed by atoms with Crippen LogP contribution in [0.2, 0.25) is 0 Å². The van der Waals surface area contributed by atoms with Crippen LogP contribution in [0.5, 0.6) is 0 Å². The van der Waals surface area contributed by atoms with E-state index < -0.39 is 0 Å². The van der Waals surface area contributed by atoms with E-state index >= 15 is 0 Å². The predicted octanol–water partition coefficient (Wildman–Crippen LogP) is 3.14. The SMILES string of the molecule is C[C@@H]1[C@@H](C)CCC[C@H]1NC(=O)[C@H](C)Sc1nnc(-c2cccs2)n1N. The van der Waals surface area contributed by atoms with E-state index in [4.69, 9.17) is 5.84 Å². The molecule has 2 aromatic heterocycles. The standard InChI is InChI=1S/C17H25N5OS2/c1-10-6-4-7-13(11(10)2)19-16(23)12(3)25-17-21-20-15(22(17)18)14-8-5-9-24-14/h5,8-13H,4,6-7,18H2,1-3H3,(H,19,23)/t10-,11+,12-,13+/m0/s1. The number of carbonyl (C=O) groups excluding carboxylic acids is 1. The summed E-state index contributed by atoms with van der Waals surface area (Å²) in [5.74, 6) is 7.94. The van der Waals surface area contributed by atoms with E-state index in [1.165, 1.54) is 29.3 Å². The molecular formula is C17H25N5OS2. The summed E-state index contributed by atoms with van der Waals surface area (Å²) in [6, 6.07) is 4.16. The predicted molar refractivity (Wildman–Crippen MR) is 103 cm³/mol. The molecule has 0 unspecified atom stereocenters. The number of aromatic nitrogens is 3. The van der Waals surface area contributed by atoms with Crippen molar-refractivity contribution in [3.63, 3.8) is 0 Å². The first-order chi connectivity index (χ1) is 12.0. The number of nitrogen functional groups attached to an aromatic ring is 1. The lowest BCUT2D eigenvalue weighted by Crippen LogP contribution is -2.46. The van der Waals surface area contributed by atoms with Crippen molar-refractivity contribution >= 4 is 29.0 Å². The quantitative estimate of drug-likeness (QED) is 0.616. The van der Waals surface area contributed by atoms with Gasteiger partial charge in [0.1, 0.15) is 0 Å². The summed E-state index contributed by atoms with van der Waals surface area (Å²) in [7, 11) is 0. The van der Waals surface area contributed by atoms with Crippen LogP contribution in [0.15, 0.2) is 22.7 Å². The zero-order valence-corrected chi connectivity index (χ0v) is 16.4. The van der Waals surface area contributed by atoms with Gasteiger partial charge in [0.05, 0.1) is 10.1 Å². The van der Waals surface area contributed by atoms with Gasteiger partial charge in [-0.05, 0) is 36.6 Å². The van der Waals surface area contributed by atoms with Gasteiger partial charge < -0.3 is 11.2 Å². The second kappa shape index (κ2) is 7.78. The number of nitrogens with zero attached hydrogens (tertiary/aromatic N) is 3. The third kappa shape index (κ3) is 4.00. The molecule has 8 heteroatoms. The molecule has 25 heavy (non-hydrogen) atoms. The van der Waals surface area contributed by atoms with E-state index in [0.717, 1.165) is 11.3 Å². The normalized spacial score (nSPS) is 24.8. The topological polar surface area (TPSA) is 85.8 Å². The monoisotopic (exact) mass is 379 g/mol. The van der Waals surface area contributed by atoms with Gasteiger partial charge in [0.2, 0.25) is 11.1 Å². The number of nitrogens with one attached hydrogen (secondary N) is 1. The lowest BCUT2D eigenvalue weighted by molar-refractivity contribution is -0.121. The summed E-state index contributed by atoms with van der Waals surface area (Å²) < 4.78 is 1.46. The molecule has 1 aliphatic carbocycles. The molecule has 1 fully saturated rings. The van der Waals surface area contributed by atoms with Gasteiger partial charge >= 0.3 is 0 Å². The van der Waals surface area contributed by atoms with Crippen molar-refractivity contribution in [3.8, 4) is 10.7 Å². The van der Waals surface area contributed by atoms with Gasteiger partial charge in [0.25, 0.3) is 0 Å². The Hall–Kier alpha value is -1.54. The highest BCUT2D eigenvalue weighted by molar-refractivity contribution is 8.00. The Labute approximate surface area is 156 Å². The number of amides is 1. The molecule has 0 radical (unpaired) electrons. The third-order valence-electron chi connectivity index (χ3n) is 5.09. The Morgan fingerprint density at radius 3 is 2.96 bits per heavy atom. The van der Waals surface area contributed by atoms with E-state index in [1.54, 1.807) is 11.3 Å². The van der Waals surface area contributed by atoms with Crippen LogP contribution >= 0.6 is 23.1 Å². The van der Waals surface area contributed by atoms with Gasteiger partial charge in [-0.3, -0.25) is 4.79 Å². The van der Waals surface area contributed by atoms with Crippen molar-refractivity contribution in [1.82, 2.24) is 20.2 Å². The molecule has 0 bridgehead atoms. The lowest BCUT2D eigenvalue weighted by atomic mass is 9.78. The summed E-state index contributed by atoms with van der Waals surface area (Å²) in [6.07, 6.45) is 3.49. The van der Waals surface area contributed by atoms with Crippen LogP contribution in [-0.4, -0.2) is 32.1 Å². The zero-order chi connectivity index (χ0) is 18.0. The van der Waals surface area contributed by atoms with Crippen molar-refractivity contribution < 1.29 is 4.79 Å². The highest BCUT2D eigenvalue weighted by atomic mass is 32.2. The maximum Gasteiger partial charge on any atom is 0.233 e. The summed E-state index contributed by atoms with van der Waals surface area (Å²) in [4.78, 5) is 13.5. The molecule has 0 aromatic carbocycles. The first kappa shape index (κ1) is 18.3. The average Bonchev–Trinajstić information content (AvgIpc) is 3.22. The number of thioether (sulfide) groups is 1. The van der Waals surface area contributed by atoms with Gasteiger partial charge in [-0.2, -0.15) is 0 Å². The molecule has 3 rings (SSSR count). The fourth-order valence-corrected chi connectivity index (χ4v) is 4.71. The maximum atomic E-state index is 12.6. The fraction of sp³-hybridized carbons (Fsp3) is 0.588. The van der Waals surface area contributed by atoms with E-state index in [2.05, 4.69) is 29.4 Å². The molecule has 3 N–H and O–H groups in total. The summed E-state index contributed by atoms with van der Waals surface area (Å²) in [5, 5.41) is 13.8. The number of hydrogen-bond acceptors (Lipinski definition) is 6. The molecule has 0 saturated heterocycles. The lowest BCUT2D eigenvalue weighted by Gasteiger charge is -2.35. The Morgan fingerprint density at radius 1 is 1.44 bits per heavy atom. The van der Waals surface area contributed by atoms with Gasteiger partial charge in [-0.1, -0.05) is 44.5 Å². The zero-order valence-electron chi connectivity index (χ0n) is 14.8. The van der Waals surface area contributed by atoms with Crippen LogP contribution in [0, 0.1) is 11.8 Å². The molecule has 136 valence electrons. The van der Waals surface area contributed by atoms with Crippen molar-refractivity contribution in [2.45, 2.75) is 56.5 Å². The Kier molecular flexibility index (Phi) is 5.68. The van der Waals surface area contributed by atoms with Crippen molar-refractivity contribution in [2.75, 3.05) is 5.84 Å². The van der Waals surface area contributed by atoms with Crippen LogP contribution < -0.4 is 11.2 Å². The van der Waals surface area contributed by atoms with Crippen LogP contribution in [-0.2, 0) is 4.79 Å². The minimum Gasteiger partial charge on any atom is -0.352 e. The number of carbonyl (C=O) groups is 1. The minimum atomic E-state index is -0.271. The average molecular weight is 380 g/mol. The summed E-state index contributed by atoms with van der Waals surface area (Å²) >= 11 is 2.90. The van der Waals surface area contributed by atoms with Crippen LogP contribution in [0.3, 0.4) is 0 Å². The van der Waals surface area contributed by atoms with E-state index in [9.17, 15) is 4.79 Å². The van der Waals surface area contributed by atoms with E-state index in [1.807, 2.05) is 24.4 Å². The van der Waals surface area contributed by atoms with Crippen LogP contribution in [0.4, 0.5) is 0 Å². The molecule has 1 saturated carbocycles. The number of nitrogens with two attached hydrogens (primary N) is 1. The molecule has 2 heterocycles. The Balaban J connectivity index is 1.62. The van der Waals surface area contributed by atoms with E-state index in [-0.39, 0.29) is 17.2 Å². The number of rotatable bonds is 5. The minimum absolute atomic E-state index is 0.0385. The van der Waals surface area contributed by atoms with Crippen molar-refractivity contribution in [1.29, 1.82) is 0 Å². The second-order valence-corrected chi connectivity index (χ2v) is 9.05. The first-order valence-corrected chi connectivity index (χ1v) is 10.4. The number of thiophene rings is 1. The van der Waals surface area contributed by atoms with Crippen molar-refractivity contribution in [2.24, 2.45) is 11.8 Å². The maximum absolute atomic E-state index is 12.6. The van der Waals surface area contributed by atoms with Gasteiger partial charge in [0, 0.05) is 6.04 Å². The Bertz CT molecular complexity index is 715. The van der Waals surface area contributed by atoms with Gasteiger partial charge in [-0.15, -0.1) is 21.5 Å². The highest BCUT2D eigenvalue weighted by Crippen LogP contribution is 2.31. The largest absolute Gasteiger partial charge is 0.352 e. The summed E-state index contributed by atoms with van der Waals surface area (Å²) in [6.45, 7) is 6.39. The van der Waals surface area contributed by atoms with Crippen LogP contribution in [0.25, 0.3) is 10.7 Å². The van der Waals surface area contributed by atoms with Crippen molar-refractivity contribution in [3.05, 3.63) is 17.5 Å². The summed E-state index contributed by atoms with van der Waals surface area (Å²) in [5.41, 5.74) is 0. The molecule has 1 amide bonds. The van der Waals surface area contributed by atoms with Gasteiger partial charge in [-0.25, -0.2) is 4.68 Å². The highest BCUT2D eigenvalue weighted by Gasteiger charge is 2.30. The second-order valence-electron chi connectivity index (χ2n) is 6.80. The van der Waals surface area contributed by atoms with Gasteiger partial charge in [0.15, 0.2) is 5.82 Å². The third-order valence-corrected chi connectivity index (χ3v) is 7.01. The molecule has 6 nitrogen and oxygen atoms in total. The fourth-order valence-electron chi connectivity index (χ4n) is 3.23. The number of hydrogen-bond donors (Lipinski definition) is 2. The molecule has 4 atom stereocenters. The molecule has 1 aliphatic rings. The smallest absolute Gasteiger partial charge is 0.233 e. The Morgan fingerprint density at radius 2 is 2.24 bits per heavy atom. The molecule has 0 aliphatic heterocycles. The van der Waals surface area contributed by atoms with E-state index in [0.29, 0.717) is 22.8 Å². The van der Waals surface area contributed by atoms with Crippen LogP contribution in [0.1, 0.15) is 40.0 Å².